The number of hydrogen-bond acceptors (Lipinski definition) is 3. The van der Waals surface area contributed by atoms with Crippen LogP contribution in [0.15, 0.2) is 22.7 Å². The predicted molar refractivity (Wildman–Crippen MR) is 49.2 cm³/mol. The van der Waals surface area contributed by atoms with E-state index in [1.807, 2.05) is 0 Å². The van der Waals surface area contributed by atoms with Crippen molar-refractivity contribution in [3.8, 4) is 0 Å². The third kappa shape index (κ3) is 1.34. The van der Waals surface area contributed by atoms with Crippen molar-refractivity contribution in [1.82, 2.24) is 0 Å². The number of aliphatic hydroxyl groups is 1. The molecule has 0 aromatic heterocycles. The highest BCUT2D eigenvalue weighted by Crippen LogP contribution is 2.30. The zero-order chi connectivity index (χ0) is 10.2. The van der Waals surface area contributed by atoms with Crippen LogP contribution >= 0.6 is 0 Å². The van der Waals surface area contributed by atoms with Gasteiger partial charge in [-0.15, -0.1) is 0 Å². The van der Waals surface area contributed by atoms with Gasteiger partial charge >= 0.3 is 0 Å². The summed E-state index contributed by atoms with van der Waals surface area (Å²) in [6.07, 6.45) is 0. The molecule has 0 fully saturated rings. The van der Waals surface area contributed by atoms with E-state index in [0.717, 1.165) is 0 Å². The Labute approximate surface area is 77.7 Å². The number of carbonyl (C=O) groups is 1. The molecule has 0 bridgehead atoms. The number of ketones is 1. The van der Waals surface area contributed by atoms with E-state index in [0.29, 0.717) is 16.9 Å². The maximum absolute atomic E-state index is 11.5. The van der Waals surface area contributed by atoms with Gasteiger partial charge in [0.25, 0.3) is 0 Å². The van der Waals surface area contributed by atoms with Crippen molar-refractivity contribution in [1.29, 1.82) is 0 Å². The molecule has 0 saturated carbocycles. The van der Waals surface area contributed by atoms with Crippen LogP contribution in [-0.2, 0) is 9.53 Å². The molecule has 1 atom stereocenters. The topological polar surface area (TPSA) is 46.5 Å². The van der Waals surface area contributed by atoms with Crippen molar-refractivity contribution in [3.05, 3.63) is 22.7 Å². The van der Waals surface area contributed by atoms with Crippen LogP contribution in [0.3, 0.4) is 0 Å². The Morgan fingerprint density at radius 2 is 1.85 bits per heavy atom. The van der Waals surface area contributed by atoms with Crippen LogP contribution in [0.4, 0.5) is 0 Å². The fourth-order valence-electron chi connectivity index (χ4n) is 1.61. The van der Waals surface area contributed by atoms with Gasteiger partial charge in [0.2, 0.25) is 0 Å². The lowest BCUT2D eigenvalue weighted by Gasteiger charge is -2.22. The molecule has 0 amide bonds. The fourth-order valence-corrected chi connectivity index (χ4v) is 1.61. The molecule has 0 saturated heterocycles. The van der Waals surface area contributed by atoms with Crippen LogP contribution in [0.25, 0.3) is 0 Å². The van der Waals surface area contributed by atoms with E-state index in [1.54, 1.807) is 20.8 Å². The first-order valence-electron chi connectivity index (χ1n) is 4.19. The Kier molecular flexibility index (Phi) is 2.45. The van der Waals surface area contributed by atoms with Crippen LogP contribution < -0.4 is 0 Å². The smallest absolute Gasteiger partial charge is 0.172 e. The standard InChI is InChI=1S/C10H14O3/c1-5-8(11)6(2)10(13-4)7(3)9(5)12/h6,12H,1-4H3. The summed E-state index contributed by atoms with van der Waals surface area (Å²) in [6, 6.07) is 0. The molecular formula is C10H14O3. The van der Waals surface area contributed by atoms with Crippen molar-refractivity contribution < 1.29 is 14.6 Å². The first-order chi connectivity index (χ1) is 6.00. The Morgan fingerprint density at radius 3 is 2.31 bits per heavy atom. The molecule has 1 aliphatic rings. The molecule has 3 heteroatoms. The normalized spacial score (nSPS) is 24.0. The Hall–Kier alpha value is -1.25. The molecule has 0 aromatic rings. The summed E-state index contributed by atoms with van der Waals surface area (Å²) in [7, 11) is 1.51. The van der Waals surface area contributed by atoms with E-state index in [9.17, 15) is 9.90 Å². The highest BCUT2D eigenvalue weighted by Gasteiger charge is 2.30. The van der Waals surface area contributed by atoms with Crippen LogP contribution in [0.2, 0.25) is 0 Å². The highest BCUT2D eigenvalue weighted by molar-refractivity contribution is 6.00. The minimum Gasteiger partial charge on any atom is -0.507 e. The van der Waals surface area contributed by atoms with Crippen molar-refractivity contribution >= 4 is 5.78 Å². The summed E-state index contributed by atoms with van der Waals surface area (Å²) in [5.74, 6) is 0.272. The van der Waals surface area contributed by atoms with Crippen molar-refractivity contribution in [2.75, 3.05) is 7.11 Å². The average Bonchev–Trinajstić information content (AvgIpc) is 2.13. The van der Waals surface area contributed by atoms with E-state index in [1.165, 1.54) is 7.11 Å². The summed E-state index contributed by atoms with van der Waals surface area (Å²) in [4.78, 5) is 11.5. The minimum atomic E-state index is -0.277. The molecule has 0 radical (unpaired) electrons. The second-order valence-corrected chi connectivity index (χ2v) is 3.25. The third-order valence-corrected chi connectivity index (χ3v) is 2.46. The summed E-state index contributed by atoms with van der Waals surface area (Å²) in [6.45, 7) is 5.16. The molecule has 0 heterocycles. The minimum absolute atomic E-state index is 0.0555. The number of rotatable bonds is 1. The number of methoxy groups -OCH3 is 1. The van der Waals surface area contributed by atoms with Gasteiger partial charge in [-0.3, -0.25) is 4.79 Å². The molecule has 3 nitrogen and oxygen atoms in total. The second kappa shape index (κ2) is 3.24. The molecule has 72 valence electrons. The number of hydrogen-bond donors (Lipinski definition) is 1. The van der Waals surface area contributed by atoms with Crippen LogP contribution in [0, 0.1) is 5.92 Å². The number of Topliss-reactive ketones (excluding diaryl/α,β-unsaturated/α-hetero) is 1. The number of carbonyl (C=O) groups excluding carboxylic acids is 1. The number of allylic oxidation sites excluding steroid dienone is 3. The Bertz CT molecular complexity index is 310. The largest absolute Gasteiger partial charge is 0.507 e. The molecule has 1 unspecified atom stereocenters. The maximum atomic E-state index is 11.5. The second-order valence-electron chi connectivity index (χ2n) is 3.25. The van der Waals surface area contributed by atoms with Gasteiger partial charge in [0.05, 0.1) is 13.0 Å². The predicted octanol–water partition coefficient (Wildman–Crippen LogP) is 1.96. The van der Waals surface area contributed by atoms with Crippen LogP contribution in [0.1, 0.15) is 20.8 Å². The van der Waals surface area contributed by atoms with Gasteiger partial charge in [-0.05, 0) is 20.8 Å². The summed E-state index contributed by atoms with van der Waals surface area (Å²) in [5.41, 5.74) is 1.08. The van der Waals surface area contributed by atoms with Gasteiger partial charge in [0, 0.05) is 11.1 Å². The molecule has 1 N–H and O–H groups in total. The molecule has 1 aliphatic carbocycles. The molecule has 13 heavy (non-hydrogen) atoms. The zero-order valence-corrected chi connectivity index (χ0v) is 8.34. The lowest BCUT2D eigenvalue weighted by atomic mass is 9.88. The summed E-state index contributed by atoms with van der Waals surface area (Å²) < 4.78 is 5.07. The first-order valence-corrected chi connectivity index (χ1v) is 4.19. The van der Waals surface area contributed by atoms with Gasteiger partial charge in [0.1, 0.15) is 11.5 Å². The summed E-state index contributed by atoms with van der Waals surface area (Å²) >= 11 is 0. The van der Waals surface area contributed by atoms with Crippen molar-refractivity contribution in [2.24, 2.45) is 5.92 Å². The molecular weight excluding hydrogens is 168 g/mol. The lowest BCUT2D eigenvalue weighted by Crippen LogP contribution is -2.23. The van der Waals surface area contributed by atoms with E-state index < -0.39 is 0 Å². The molecule has 0 spiro atoms. The Morgan fingerprint density at radius 1 is 1.31 bits per heavy atom. The van der Waals surface area contributed by atoms with Gasteiger partial charge in [-0.1, -0.05) is 0 Å². The Balaban J connectivity index is 3.27. The van der Waals surface area contributed by atoms with Gasteiger partial charge < -0.3 is 9.84 Å². The maximum Gasteiger partial charge on any atom is 0.172 e. The number of aliphatic hydroxyl groups excluding tert-OH is 1. The molecule has 0 aliphatic heterocycles. The molecule has 0 aromatic carbocycles. The van der Waals surface area contributed by atoms with Gasteiger partial charge in [-0.2, -0.15) is 0 Å². The quantitative estimate of drug-likeness (QED) is 0.674. The van der Waals surface area contributed by atoms with Gasteiger partial charge in [0.15, 0.2) is 5.78 Å². The summed E-state index contributed by atoms with van der Waals surface area (Å²) in [5, 5.41) is 9.56. The zero-order valence-electron chi connectivity index (χ0n) is 8.34. The van der Waals surface area contributed by atoms with Crippen molar-refractivity contribution in [2.45, 2.75) is 20.8 Å². The van der Waals surface area contributed by atoms with Gasteiger partial charge in [-0.25, -0.2) is 0 Å². The SMILES string of the molecule is COC1=C(C)C(O)=C(C)C(=O)C1C. The van der Waals surface area contributed by atoms with Crippen molar-refractivity contribution in [3.63, 3.8) is 0 Å². The fraction of sp³-hybridized carbons (Fsp3) is 0.500. The first kappa shape index (κ1) is 9.84. The molecule has 1 rings (SSSR count). The third-order valence-electron chi connectivity index (χ3n) is 2.46. The van der Waals surface area contributed by atoms with E-state index >= 15 is 0 Å². The van der Waals surface area contributed by atoms with E-state index in [2.05, 4.69) is 0 Å². The monoisotopic (exact) mass is 182 g/mol. The highest BCUT2D eigenvalue weighted by atomic mass is 16.5. The van der Waals surface area contributed by atoms with Crippen LogP contribution in [0.5, 0.6) is 0 Å². The van der Waals surface area contributed by atoms with E-state index in [-0.39, 0.29) is 17.5 Å². The van der Waals surface area contributed by atoms with Crippen LogP contribution in [-0.4, -0.2) is 18.0 Å². The van der Waals surface area contributed by atoms with E-state index in [4.69, 9.17) is 4.74 Å². The number of ether oxygens (including phenoxy) is 1. The lowest BCUT2D eigenvalue weighted by molar-refractivity contribution is -0.119. The average molecular weight is 182 g/mol.